The first-order valence-electron chi connectivity index (χ1n) is 17.8. The summed E-state index contributed by atoms with van der Waals surface area (Å²) in [5.74, 6) is 3.01. The summed E-state index contributed by atoms with van der Waals surface area (Å²) in [6.07, 6.45) is 21.1. The molecular formula is C40H57NO2. The van der Waals surface area contributed by atoms with Crippen LogP contribution in [0.3, 0.4) is 0 Å². The van der Waals surface area contributed by atoms with Gasteiger partial charge in [-0.15, -0.1) is 0 Å². The molecule has 0 heterocycles. The van der Waals surface area contributed by atoms with E-state index in [-0.39, 0.29) is 22.8 Å². The van der Waals surface area contributed by atoms with Crippen molar-refractivity contribution >= 4 is 5.97 Å². The first kappa shape index (κ1) is 29.8. The van der Waals surface area contributed by atoms with E-state index in [1.54, 1.807) is 5.57 Å². The van der Waals surface area contributed by atoms with Crippen molar-refractivity contribution in [3.63, 3.8) is 0 Å². The Morgan fingerprint density at radius 2 is 1.63 bits per heavy atom. The molecule has 1 unspecified atom stereocenters. The third-order valence-corrected chi connectivity index (χ3v) is 15.3. The van der Waals surface area contributed by atoms with Gasteiger partial charge in [0.2, 0.25) is 0 Å². The average Bonchev–Trinajstić information content (AvgIpc) is 3.38. The minimum atomic E-state index is -0.0357. The lowest BCUT2D eigenvalue weighted by Crippen LogP contribution is -2.66. The maximum absolute atomic E-state index is 12.9. The molecule has 234 valence electrons. The highest BCUT2D eigenvalue weighted by Crippen LogP contribution is 2.75. The number of ether oxygens (including phenoxy) is 1. The number of benzene rings is 1. The Morgan fingerprint density at radius 3 is 2.37 bits per heavy atom. The molecule has 0 saturated heterocycles. The maximum atomic E-state index is 12.9. The summed E-state index contributed by atoms with van der Waals surface area (Å²) in [6.45, 7) is 13.6. The van der Waals surface area contributed by atoms with E-state index < -0.39 is 0 Å². The standard InChI is InChI=1S/C40H57NO2/c1-36(2)30(28-13-15-29(16-14-28)35(42)43-26-27-10-7-6-8-11-27)19-22-37(3)33(36)20-23-39(5)34(37)18-17-31-32-12-9-21-40(32,41)25-24-38(31,39)4/h6-8,10-11,13,19,29,31-34H,9,12,14-18,20-26,41H2,1-5H3/t29-,31+,32+,33-,34?,37-,38+,39+,40-/m0/s1. The molecule has 43 heavy (non-hydrogen) atoms. The van der Waals surface area contributed by atoms with Gasteiger partial charge < -0.3 is 10.5 Å². The van der Waals surface area contributed by atoms with Crippen molar-refractivity contribution in [3.8, 4) is 0 Å². The van der Waals surface area contributed by atoms with Crippen molar-refractivity contribution in [1.29, 1.82) is 0 Å². The molecule has 9 atom stereocenters. The van der Waals surface area contributed by atoms with Crippen molar-refractivity contribution in [2.24, 2.45) is 57.0 Å². The molecular weight excluding hydrogens is 526 g/mol. The van der Waals surface area contributed by atoms with Gasteiger partial charge in [0, 0.05) is 5.54 Å². The van der Waals surface area contributed by atoms with Crippen LogP contribution in [0.4, 0.5) is 0 Å². The Balaban J connectivity index is 1.09. The van der Waals surface area contributed by atoms with Gasteiger partial charge in [0.25, 0.3) is 0 Å². The quantitative estimate of drug-likeness (QED) is 0.359. The fraction of sp³-hybridized carbons (Fsp3) is 0.725. The van der Waals surface area contributed by atoms with Gasteiger partial charge in [0.15, 0.2) is 0 Å². The predicted molar refractivity (Wildman–Crippen MR) is 175 cm³/mol. The first-order chi connectivity index (χ1) is 20.4. The Labute approximate surface area is 261 Å². The highest BCUT2D eigenvalue weighted by atomic mass is 16.5. The van der Waals surface area contributed by atoms with E-state index in [1.165, 1.54) is 69.8 Å². The second-order valence-electron chi connectivity index (χ2n) is 17.2. The van der Waals surface area contributed by atoms with Gasteiger partial charge >= 0.3 is 5.97 Å². The smallest absolute Gasteiger partial charge is 0.309 e. The number of hydrogen-bond donors (Lipinski definition) is 1. The SMILES string of the molecule is CC1(C)C(C2=CC[C@H](C(=O)OCc3ccccc3)CC2)=CC[C@]2(C)C3CC[C@@H]4[C@H]5CCC[C@]5(N)CC[C@@]4(C)[C@]3(C)CC[C@@H]12. The zero-order valence-corrected chi connectivity index (χ0v) is 27.7. The maximum Gasteiger partial charge on any atom is 0.309 e. The number of esters is 1. The fourth-order valence-electron chi connectivity index (χ4n) is 12.9. The van der Waals surface area contributed by atoms with Crippen molar-refractivity contribution in [2.75, 3.05) is 0 Å². The van der Waals surface area contributed by atoms with E-state index in [9.17, 15) is 4.79 Å². The molecule has 7 rings (SSSR count). The number of rotatable bonds is 4. The minimum absolute atomic E-state index is 0.0148. The van der Waals surface area contributed by atoms with Crippen LogP contribution in [0.2, 0.25) is 0 Å². The molecule has 0 spiro atoms. The number of carbonyl (C=O) groups is 1. The largest absolute Gasteiger partial charge is 0.461 e. The highest BCUT2D eigenvalue weighted by molar-refractivity contribution is 5.73. The summed E-state index contributed by atoms with van der Waals surface area (Å²) in [7, 11) is 0. The van der Waals surface area contributed by atoms with Gasteiger partial charge in [-0.3, -0.25) is 4.79 Å². The van der Waals surface area contributed by atoms with Crippen LogP contribution in [-0.4, -0.2) is 11.5 Å². The van der Waals surface area contributed by atoms with Crippen LogP contribution in [0.25, 0.3) is 0 Å². The molecule has 0 aromatic heterocycles. The minimum Gasteiger partial charge on any atom is -0.461 e. The van der Waals surface area contributed by atoms with Crippen molar-refractivity contribution in [2.45, 2.75) is 130 Å². The molecule has 3 heteroatoms. The fourth-order valence-corrected chi connectivity index (χ4v) is 12.9. The van der Waals surface area contributed by atoms with Crippen LogP contribution < -0.4 is 5.73 Å². The number of carbonyl (C=O) groups excluding carboxylic acids is 1. The molecule has 6 aliphatic carbocycles. The van der Waals surface area contributed by atoms with E-state index in [1.807, 2.05) is 30.3 Å². The second kappa shape index (κ2) is 10.3. The van der Waals surface area contributed by atoms with Gasteiger partial charge in [-0.1, -0.05) is 83.5 Å². The average molecular weight is 584 g/mol. The molecule has 4 saturated carbocycles. The monoisotopic (exact) mass is 583 g/mol. The lowest BCUT2D eigenvalue weighted by atomic mass is 9.33. The lowest BCUT2D eigenvalue weighted by molar-refractivity contribution is -0.216. The van der Waals surface area contributed by atoms with Crippen LogP contribution in [0.5, 0.6) is 0 Å². The van der Waals surface area contributed by atoms with Gasteiger partial charge in [0.1, 0.15) is 6.61 Å². The van der Waals surface area contributed by atoms with Gasteiger partial charge in [-0.05, 0) is 139 Å². The van der Waals surface area contributed by atoms with Crippen molar-refractivity contribution in [3.05, 3.63) is 59.2 Å². The Bertz CT molecular complexity index is 1310. The topological polar surface area (TPSA) is 52.3 Å². The van der Waals surface area contributed by atoms with E-state index in [4.69, 9.17) is 10.5 Å². The zero-order chi connectivity index (χ0) is 30.3. The van der Waals surface area contributed by atoms with Crippen LogP contribution in [-0.2, 0) is 16.1 Å². The van der Waals surface area contributed by atoms with Gasteiger partial charge in [0.05, 0.1) is 5.92 Å². The van der Waals surface area contributed by atoms with E-state index in [0.717, 1.165) is 42.6 Å². The molecule has 0 aliphatic heterocycles. The predicted octanol–water partition coefficient (Wildman–Crippen LogP) is 9.56. The second-order valence-corrected chi connectivity index (χ2v) is 17.2. The number of fused-ring (bicyclic) bond motifs is 7. The van der Waals surface area contributed by atoms with Crippen LogP contribution >= 0.6 is 0 Å². The number of nitrogens with two attached hydrogens (primary N) is 1. The summed E-state index contributed by atoms with van der Waals surface area (Å²) in [5.41, 5.74) is 12.7. The molecule has 2 N–H and O–H groups in total. The third kappa shape index (κ3) is 4.40. The van der Waals surface area contributed by atoms with E-state index in [0.29, 0.717) is 28.8 Å². The Hall–Kier alpha value is -1.87. The molecule has 0 amide bonds. The molecule has 1 aromatic rings. The van der Waals surface area contributed by atoms with Crippen LogP contribution in [0.15, 0.2) is 53.6 Å². The summed E-state index contributed by atoms with van der Waals surface area (Å²) in [4.78, 5) is 12.9. The molecule has 0 radical (unpaired) electrons. The van der Waals surface area contributed by atoms with Crippen LogP contribution in [0.1, 0.15) is 124 Å². The normalized spacial score (nSPS) is 45.0. The summed E-state index contributed by atoms with van der Waals surface area (Å²) in [5, 5.41) is 0. The summed E-state index contributed by atoms with van der Waals surface area (Å²) in [6, 6.07) is 10.0. The zero-order valence-electron chi connectivity index (χ0n) is 27.7. The molecule has 4 fully saturated rings. The molecule has 6 aliphatic rings. The summed E-state index contributed by atoms with van der Waals surface area (Å²) >= 11 is 0. The van der Waals surface area contributed by atoms with Crippen molar-refractivity contribution < 1.29 is 9.53 Å². The lowest BCUT2D eigenvalue weighted by Gasteiger charge is -2.72. The molecule has 3 nitrogen and oxygen atoms in total. The summed E-state index contributed by atoms with van der Waals surface area (Å²) < 4.78 is 5.72. The third-order valence-electron chi connectivity index (χ3n) is 15.3. The Kier molecular flexibility index (Phi) is 7.16. The van der Waals surface area contributed by atoms with E-state index >= 15 is 0 Å². The number of allylic oxidation sites excluding steroid dienone is 4. The van der Waals surface area contributed by atoms with Crippen molar-refractivity contribution in [1.82, 2.24) is 0 Å². The van der Waals surface area contributed by atoms with Gasteiger partial charge in [-0.25, -0.2) is 0 Å². The van der Waals surface area contributed by atoms with Gasteiger partial charge in [-0.2, -0.15) is 0 Å². The van der Waals surface area contributed by atoms with E-state index in [2.05, 4.69) is 46.8 Å². The number of hydrogen-bond acceptors (Lipinski definition) is 3. The Morgan fingerprint density at radius 1 is 0.837 bits per heavy atom. The first-order valence-corrected chi connectivity index (χ1v) is 17.8. The van der Waals surface area contributed by atoms with Crippen LogP contribution in [0, 0.1) is 51.2 Å². The molecule has 1 aromatic carbocycles. The highest BCUT2D eigenvalue weighted by Gasteiger charge is 2.69. The molecule has 0 bridgehead atoms.